The van der Waals surface area contributed by atoms with Crippen LogP contribution in [0.25, 0.3) is 10.8 Å². The highest BCUT2D eigenvalue weighted by molar-refractivity contribution is 6.00. The number of hydrogen-bond acceptors (Lipinski definition) is 3. The van der Waals surface area contributed by atoms with Crippen LogP contribution in [0.1, 0.15) is 37.8 Å². The molecule has 3 nitrogen and oxygen atoms in total. The van der Waals surface area contributed by atoms with Crippen molar-refractivity contribution in [2.45, 2.75) is 32.2 Å². The predicted octanol–water partition coefficient (Wildman–Crippen LogP) is 5.54. The summed E-state index contributed by atoms with van der Waals surface area (Å²) in [7, 11) is 0. The molecule has 2 aromatic carbocycles. The lowest BCUT2D eigenvalue weighted by molar-refractivity contribution is 0.573. The lowest BCUT2D eigenvalue weighted by atomic mass is 10.1. The smallest absolute Gasteiger partial charge is 0.139 e. The molecule has 26 heavy (non-hydrogen) atoms. The Bertz CT molecular complexity index is 889. The number of benzene rings is 2. The largest absolute Gasteiger partial charge is 0.377 e. The van der Waals surface area contributed by atoms with E-state index in [0.717, 1.165) is 42.8 Å². The van der Waals surface area contributed by atoms with Crippen LogP contribution in [0.3, 0.4) is 0 Å². The van der Waals surface area contributed by atoms with Crippen LogP contribution in [0.15, 0.2) is 54.7 Å². The van der Waals surface area contributed by atoms with Crippen molar-refractivity contribution in [1.82, 2.24) is 4.98 Å². The van der Waals surface area contributed by atoms with Crippen molar-refractivity contribution in [1.29, 1.82) is 0 Å². The second kappa shape index (κ2) is 7.32. The molecule has 0 bridgehead atoms. The predicted molar refractivity (Wildman–Crippen MR) is 106 cm³/mol. The summed E-state index contributed by atoms with van der Waals surface area (Å²) in [5, 5.41) is 5.03. The van der Waals surface area contributed by atoms with E-state index >= 15 is 0 Å². The van der Waals surface area contributed by atoms with Crippen LogP contribution < -0.4 is 10.2 Å². The highest BCUT2D eigenvalue weighted by atomic mass is 19.1. The van der Waals surface area contributed by atoms with E-state index in [0.29, 0.717) is 5.39 Å². The number of piperidine rings is 1. The Hall–Kier alpha value is -2.62. The van der Waals surface area contributed by atoms with Gasteiger partial charge >= 0.3 is 0 Å². The van der Waals surface area contributed by atoms with Crippen LogP contribution in [0.2, 0.25) is 0 Å². The molecule has 1 aromatic heterocycles. The Labute approximate surface area is 153 Å². The van der Waals surface area contributed by atoms with Gasteiger partial charge in [-0.3, -0.25) is 0 Å². The van der Waals surface area contributed by atoms with Crippen LogP contribution in [-0.2, 0) is 0 Å². The van der Waals surface area contributed by atoms with Gasteiger partial charge in [0.05, 0.1) is 17.3 Å². The number of halogens is 1. The third-order valence-electron chi connectivity index (χ3n) is 5.17. The zero-order valence-corrected chi connectivity index (χ0v) is 15.1. The number of aromatic nitrogens is 1. The van der Waals surface area contributed by atoms with Gasteiger partial charge in [0.15, 0.2) is 0 Å². The molecule has 0 aliphatic carbocycles. The van der Waals surface area contributed by atoms with Crippen LogP contribution in [0.5, 0.6) is 0 Å². The summed E-state index contributed by atoms with van der Waals surface area (Å²) in [6.07, 6.45) is 5.38. The third kappa shape index (κ3) is 3.24. The standard InChI is InChI=1S/C22H24FN3/c1-16(17-9-4-2-5-10-17)25-20-15-24-22(26-13-6-3-7-14-26)21-18(20)11-8-12-19(21)23/h2,4-5,8-12,15-16,25H,3,6-7,13-14H2,1H3. The molecule has 1 atom stereocenters. The maximum absolute atomic E-state index is 14.7. The van der Waals surface area contributed by atoms with Gasteiger partial charge in [0.2, 0.25) is 0 Å². The first-order valence-electron chi connectivity index (χ1n) is 9.37. The Balaban J connectivity index is 1.74. The number of nitrogens with zero attached hydrogens (tertiary/aromatic N) is 2. The minimum absolute atomic E-state index is 0.116. The molecule has 1 aliphatic heterocycles. The third-order valence-corrected chi connectivity index (χ3v) is 5.17. The molecule has 0 radical (unpaired) electrons. The summed E-state index contributed by atoms with van der Waals surface area (Å²) in [5.74, 6) is 0.572. The van der Waals surface area contributed by atoms with Crippen LogP contribution >= 0.6 is 0 Å². The van der Waals surface area contributed by atoms with E-state index in [1.165, 1.54) is 18.1 Å². The van der Waals surface area contributed by atoms with Crippen molar-refractivity contribution in [3.05, 3.63) is 66.1 Å². The van der Waals surface area contributed by atoms with Gasteiger partial charge in [-0.15, -0.1) is 0 Å². The molecule has 4 rings (SSSR count). The second-order valence-electron chi connectivity index (χ2n) is 6.98. The lowest BCUT2D eigenvalue weighted by Crippen LogP contribution is -2.30. The van der Waals surface area contributed by atoms with Crippen LogP contribution in [0, 0.1) is 5.82 Å². The minimum Gasteiger partial charge on any atom is -0.377 e. The average molecular weight is 349 g/mol. The Kier molecular flexibility index (Phi) is 4.74. The van der Waals surface area contributed by atoms with Crippen LogP contribution in [0.4, 0.5) is 15.9 Å². The number of nitrogens with one attached hydrogen (secondary N) is 1. The fraction of sp³-hybridized carbons (Fsp3) is 0.318. The van der Waals surface area contributed by atoms with Gasteiger partial charge in [-0.2, -0.15) is 0 Å². The molecule has 3 aromatic rings. The van der Waals surface area contributed by atoms with Crippen molar-refractivity contribution < 1.29 is 4.39 Å². The molecule has 0 amide bonds. The summed E-state index contributed by atoms with van der Waals surface area (Å²) in [5.41, 5.74) is 2.06. The SMILES string of the molecule is CC(Nc1cnc(N2CCCCC2)c2c(F)cccc12)c1ccccc1. The molecule has 0 saturated carbocycles. The quantitative estimate of drug-likeness (QED) is 0.670. The van der Waals surface area contributed by atoms with Gasteiger partial charge in [0.25, 0.3) is 0 Å². The van der Waals surface area contributed by atoms with Crippen LogP contribution in [-0.4, -0.2) is 18.1 Å². The zero-order valence-electron chi connectivity index (χ0n) is 15.1. The monoisotopic (exact) mass is 349 g/mol. The van der Waals surface area contributed by atoms with Crippen molar-refractivity contribution in [2.75, 3.05) is 23.3 Å². The summed E-state index contributed by atoms with van der Waals surface area (Å²) in [6, 6.07) is 15.7. The molecule has 134 valence electrons. The second-order valence-corrected chi connectivity index (χ2v) is 6.98. The topological polar surface area (TPSA) is 28.2 Å². The first-order valence-corrected chi connectivity index (χ1v) is 9.37. The number of pyridine rings is 1. The first-order chi connectivity index (χ1) is 12.7. The van der Waals surface area contributed by atoms with Gasteiger partial charge in [0, 0.05) is 24.5 Å². The molecule has 1 aliphatic rings. The molecule has 1 saturated heterocycles. The molecule has 1 unspecified atom stereocenters. The zero-order chi connectivity index (χ0) is 17.9. The van der Waals surface area contributed by atoms with Crippen molar-refractivity contribution in [2.24, 2.45) is 0 Å². The van der Waals surface area contributed by atoms with Gasteiger partial charge in [-0.25, -0.2) is 9.37 Å². The summed E-state index contributed by atoms with van der Waals surface area (Å²) >= 11 is 0. The number of hydrogen-bond donors (Lipinski definition) is 1. The van der Waals surface area contributed by atoms with Gasteiger partial charge in [0.1, 0.15) is 11.6 Å². The maximum Gasteiger partial charge on any atom is 0.139 e. The molecular weight excluding hydrogens is 325 g/mol. The van der Waals surface area contributed by atoms with E-state index in [9.17, 15) is 4.39 Å². The van der Waals surface area contributed by atoms with E-state index in [-0.39, 0.29) is 11.9 Å². The minimum atomic E-state index is -0.202. The average Bonchev–Trinajstić information content (AvgIpc) is 2.70. The van der Waals surface area contributed by atoms with E-state index in [2.05, 4.69) is 34.3 Å². The lowest BCUT2D eigenvalue weighted by Gasteiger charge is -2.29. The summed E-state index contributed by atoms with van der Waals surface area (Å²) < 4.78 is 14.7. The molecular formula is C22H24FN3. The van der Waals surface area contributed by atoms with E-state index in [4.69, 9.17) is 0 Å². The van der Waals surface area contributed by atoms with Crippen molar-refractivity contribution >= 4 is 22.3 Å². The van der Waals surface area contributed by atoms with Crippen molar-refractivity contribution in [3.8, 4) is 0 Å². The van der Waals surface area contributed by atoms with Gasteiger partial charge in [-0.05, 0) is 37.8 Å². The molecule has 1 N–H and O–H groups in total. The normalized spacial score (nSPS) is 15.8. The first kappa shape index (κ1) is 16.8. The molecule has 0 spiro atoms. The maximum atomic E-state index is 14.7. The van der Waals surface area contributed by atoms with Gasteiger partial charge in [-0.1, -0.05) is 42.5 Å². The summed E-state index contributed by atoms with van der Waals surface area (Å²) in [4.78, 5) is 6.88. The molecule has 2 heterocycles. The molecule has 4 heteroatoms. The Morgan fingerprint density at radius 2 is 1.77 bits per heavy atom. The van der Waals surface area contributed by atoms with Crippen molar-refractivity contribution in [3.63, 3.8) is 0 Å². The Morgan fingerprint density at radius 1 is 1.00 bits per heavy atom. The van der Waals surface area contributed by atoms with E-state index in [1.54, 1.807) is 6.07 Å². The highest BCUT2D eigenvalue weighted by Gasteiger charge is 2.19. The number of anilines is 2. The van der Waals surface area contributed by atoms with Gasteiger partial charge < -0.3 is 10.2 Å². The Morgan fingerprint density at radius 3 is 2.54 bits per heavy atom. The number of fused-ring (bicyclic) bond motifs is 1. The van der Waals surface area contributed by atoms with E-state index in [1.807, 2.05) is 30.5 Å². The number of rotatable bonds is 4. The fourth-order valence-corrected chi connectivity index (χ4v) is 3.75. The summed E-state index contributed by atoms with van der Waals surface area (Å²) in [6.45, 7) is 4.01. The fourth-order valence-electron chi connectivity index (χ4n) is 3.75. The molecule has 1 fully saturated rings. The van der Waals surface area contributed by atoms with E-state index < -0.39 is 0 Å². The highest BCUT2D eigenvalue weighted by Crippen LogP contribution is 2.34.